The lowest BCUT2D eigenvalue weighted by Gasteiger charge is -2.21. The van der Waals surface area contributed by atoms with E-state index in [0.717, 1.165) is 22.9 Å². The zero-order valence-corrected chi connectivity index (χ0v) is 18.9. The van der Waals surface area contributed by atoms with E-state index < -0.39 is 59.4 Å². The van der Waals surface area contributed by atoms with Gasteiger partial charge in [-0.05, 0) is 37.6 Å². The number of anilines is 1. The number of nitrogens with one attached hydrogen (secondary N) is 1. The number of hydrogen-bond donors (Lipinski definition) is 1. The van der Waals surface area contributed by atoms with Crippen molar-refractivity contribution in [2.24, 2.45) is 0 Å². The highest BCUT2D eigenvalue weighted by Crippen LogP contribution is 2.26. The van der Waals surface area contributed by atoms with E-state index >= 15 is 0 Å². The van der Waals surface area contributed by atoms with Gasteiger partial charge in [0.15, 0.2) is 5.65 Å². The summed E-state index contributed by atoms with van der Waals surface area (Å²) in [6, 6.07) is 2.77. The summed E-state index contributed by atoms with van der Waals surface area (Å²) in [4.78, 5) is 43.4. The molecule has 1 saturated heterocycles. The molecule has 1 N–H and O–H groups in total. The predicted molar refractivity (Wildman–Crippen MR) is 118 cm³/mol. The van der Waals surface area contributed by atoms with Crippen molar-refractivity contribution in [2.75, 3.05) is 11.4 Å². The summed E-state index contributed by atoms with van der Waals surface area (Å²) in [5.74, 6) is -3.27. The van der Waals surface area contributed by atoms with Gasteiger partial charge in [-0.15, -0.1) is 0 Å². The van der Waals surface area contributed by atoms with E-state index in [-0.39, 0.29) is 29.1 Å². The highest BCUT2D eigenvalue weighted by Gasteiger charge is 2.40. The molecule has 1 fully saturated rings. The molecule has 0 bridgehead atoms. The average molecular weight is 510 g/mol. The summed E-state index contributed by atoms with van der Waals surface area (Å²) >= 11 is 0. The minimum atomic E-state index is -4.76. The Labute approximate surface area is 200 Å². The van der Waals surface area contributed by atoms with Crippen LogP contribution in [0.5, 0.6) is 0 Å². The molecule has 0 aliphatic carbocycles. The first-order chi connectivity index (χ1) is 16.9. The van der Waals surface area contributed by atoms with E-state index in [1.807, 2.05) is 0 Å². The van der Waals surface area contributed by atoms with Crippen LogP contribution < -0.4 is 15.6 Å². The number of cyclic esters (lactones) is 1. The molecule has 1 aliphatic rings. The van der Waals surface area contributed by atoms with Gasteiger partial charge in [-0.3, -0.25) is 19.1 Å². The molecule has 0 saturated carbocycles. The number of benzene rings is 1. The van der Waals surface area contributed by atoms with Crippen molar-refractivity contribution in [2.45, 2.75) is 38.6 Å². The minimum absolute atomic E-state index is 0.0489. The quantitative estimate of drug-likeness (QED) is 0.523. The van der Waals surface area contributed by atoms with Gasteiger partial charge in [0.1, 0.15) is 35.2 Å². The van der Waals surface area contributed by atoms with Crippen molar-refractivity contribution in [3.63, 3.8) is 0 Å². The Morgan fingerprint density at radius 3 is 2.53 bits per heavy atom. The van der Waals surface area contributed by atoms with Crippen LogP contribution in [0, 0.1) is 11.6 Å². The molecule has 1 aliphatic heterocycles. The van der Waals surface area contributed by atoms with E-state index in [0.29, 0.717) is 6.07 Å². The first-order valence-electron chi connectivity index (χ1n) is 10.8. The molecule has 2 unspecified atom stereocenters. The van der Waals surface area contributed by atoms with E-state index in [2.05, 4.69) is 4.98 Å². The molecule has 2 amide bonds. The van der Waals surface area contributed by atoms with Crippen molar-refractivity contribution in [3.05, 3.63) is 63.9 Å². The summed E-state index contributed by atoms with van der Waals surface area (Å²) in [6.45, 7) is 3.00. The molecule has 4 rings (SSSR count). The summed E-state index contributed by atoms with van der Waals surface area (Å²) in [6.07, 6.45) is -5.57. The lowest BCUT2D eigenvalue weighted by molar-refractivity contribution is -0.153. The number of hydrogen-bond acceptors (Lipinski definition) is 5. The fourth-order valence-electron chi connectivity index (χ4n) is 3.81. The molecule has 1 aromatic carbocycles. The maximum Gasteiger partial charge on any atom is 0.415 e. The lowest BCUT2D eigenvalue weighted by atomic mass is 10.1. The van der Waals surface area contributed by atoms with Crippen LogP contribution in [0.2, 0.25) is 0 Å². The Bertz CT molecular complexity index is 1420. The zero-order chi connectivity index (χ0) is 26.4. The molecular weight excluding hydrogens is 491 g/mol. The SMILES string of the molecule is CCC(NC(=O)c1cn(-c2ccc(F)cc2F)c2nc(N3CC(C)OC3=O)ccc2c1=O)C(F)(F)F. The second-order valence-electron chi connectivity index (χ2n) is 8.16. The smallest absolute Gasteiger partial charge is 0.415 e. The topological polar surface area (TPSA) is 93.5 Å². The third-order valence-electron chi connectivity index (χ3n) is 5.60. The van der Waals surface area contributed by atoms with Crippen molar-refractivity contribution < 1.29 is 36.3 Å². The number of alkyl halides is 3. The first-order valence-corrected chi connectivity index (χ1v) is 10.8. The lowest BCUT2D eigenvalue weighted by Crippen LogP contribution is -2.46. The molecule has 13 heteroatoms. The largest absolute Gasteiger partial charge is 0.444 e. The summed E-state index contributed by atoms with van der Waals surface area (Å²) in [5.41, 5.74) is -2.22. The van der Waals surface area contributed by atoms with Gasteiger partial charge in [-0.1, -0.05) is 6.92 Å². The van der Waals surface area contributed by atoms with E-state index in [1.165, 1.54) is 24.0 Å². The number of amides is 2. The fourth-order valence-corrected chi connectivity index (χ4v) is 3.81. The maximum absolute atomic E-state index is 14.7. The van der Waals surface area contributed by atoms with Crippen LogP contribution in [0.15, 0.2) is 41.3 Å². The van der Waals surface area contributed by atoms with Gasteiger partial charge in [0.2, 0.25) is 5.43 Å². The summed E-state index contributed by atoms with van der Waals surface area (Å²) in [5, 5.41) is 1.54. The van der Waals surface area contributed by atoms with Gasteiger partial charge in [0.25, 0.3) is 5.91 Å². The summed E-state index contributed by atoms with van der Waals surface area (Å²) < 4.78 is 73.9. The number of ether oxygens (including phenoxy) is 1. The molecule has 2 atom stereocenters. The predicted octanol–water partition coefficient (Wildman–Crippen LogP) is 4.08. The highest BCUT2D eigenvalue weighted by molar-refractivity contribution is 5.98. The second-order valence-corrected chi connectivity index (χ2v) is 8.16. The number of halogens is 5. The van der Waals surface area contributed by atoms with Crippen molar-refractivity contribution in [1.82, 2.24) is 14.9 Å². The number of aromatic nitrogens is 2. The number of fused-ring (bicyclic) bond motifs is 1. The van der Waals surface area contributed by atoms with Crippen molar-refractivity contribution in [1.29, 1.82) is 0 Å². The second kappa shape index (κ2) is 9.21. The number of nitrogens with zero attached hydrogens (tertiary/aromatic N) is 3. The van der Waals surface area contributed by atoms with Crippen LogP contribution in [-0.4, -0.2) is 46.4 Å². The van der Waals surface area contributed by atoms with E-state index in [9.17, 15) is 36.3 Å². The fraction of sp³-hybridized carbons (Fsp3) is 0.304. The van der Waals surface area contributed by atoms with Gasteiger partial charge >= 0.3 is 12.3 Å². The Morgan fingerprint density at radius 1 is 1.22 bits per heavy atom. The molecule has 8 nitrogen and oxygen atoms in total. The van der Waals surface area contributed by atoms with Gasteiger partial charge in [-0.25, -0.2) is 18.6 Å². The zero-order valence-electron chi connectivity index (χ0n) is 18.9. The Balaban J connectivity index is 1.92. The standard InChI is InChI=1S/C23H19F5N4O4/c1-3-17(23(26,27)28)29-21(34)14-10-31(16-6-4-12(24)8-15(16)25)20-13(19(14)33)5-7-18(30-20)32-9-11(2)36-22(32)35/h4-8,10-11,17H,3,9H2,1-2H3,(H,29,34). The third-order valence-corrected chi connectivity index (χ3v) is 5.60. The number of rotatable bonds is 5. The molecule has 0 spiro atoms. The van der Waals surface area contributed by atoms with Crippen LogP contribution in [0.3, 0.4) is 0 Å². The molecule has 0 radical (unpaired) electrons. The molecule has 2 aromatic heterocycles. The summed E-state index contributed by atoms with van der Waals surface area (Å²) in [7, 11) is 0. The van der Waals surface area contributed by atoms with Crippen LogP contribution in [-0.2, 0) is 4.74 Å². The van der Waals surface area contributed by atoms with Crippen LogP contribution in [0.4, 0.5) is 32.6 Å². The first kappa shape index (κ1) is 25.1. The molecule has 190 valence electrons. The van der Waals surface area contributed by atoms with Crippen molar-refractivity contribution in [3.8, 4) is 5.69 Å². The van der Waals surface area contributed by atoms with E-state index in [1.54, 1.807) is 12.2 Å². The Morgan fingerprint density at radius 2 is 1.94 bits per heavy atom. The molecular formula is C23H19F5N4O4. The minimum Gasteiger partial charge on any atom is -0.444 e. The Kier molecular flexibility index (Phi) is 6.41. The van der Waals surface area contributed by atoms with Crippen LogP contribution in [0.25, 0.3) is 16.7 Å². The van der Waals surface area contributed by atoms with Crippen LogP contribution >= 0.6 is 0 Å². The Hall–Kier alpha value is -4.03. The monoisotopic (exact) mass is 510 g/mol. The van der Waals surface area contributed by atoms with E-state index in [4.69, 9.17) is 4.74 Å². The highest BCUT2D eigenvalue weighted by atomic mass is 19.4. The van der Waals surface area contributed by atoms with Crippen LogP contribution in [0.1, 0.15) is 30.6 Å². The number of carbonyl (C=O) groups is 2. The van der Waals surface area contributed by atoms with Gasteiger partial charge in [0.05, 0.1) is 17.6 Å². The average Bonchev–Trinajstić information content (AvgIpc) is 3.14. The van der Waals surface area contributed by atoms with Gasteiger partial charge < -0.3 is 10.1 Å². The third kappa shape index (κ3) is 4.60. The molecule has 36 heavy (non-hydrogen) atoms. The van der Waals surface area contributed by atoms with Crippen molar-refractivity contribution >= 4 is 28.9 Å². The number of pyridine rings is 2. The molecule has 3 heterocycles. The maximum atomic E-state index is 14.7. The van der Waals surface area contributed by atoms with Gasteiger partial charge in [0, 0.05) is 12.3 Å². The number of carbonyl (C=O) groups excluding carboxylic acids is 2. The van der Waals surface area contributed by atoms with Gasteiger partial charge in [-0.2, -0.15) is 13.2 Å². The molecule has 3 aromatic rings. The normalized spacial score (nSPS) is 16.8.